The van der Waals surface area contributed by atoms with Crippen LogP contribution >= 0.6 is 35.0 Å². The molecular formula is C17H11Cl2F3N2O2S. The summed E-state index contributed by atoms with van der Waals surface area (Å²) in [5.41, 5.74) is 1.15. The van der Waals surface area contributed by atoms with Gasteiger partial charge in [0.05, 0.1) is 26.2 Å². The Labute approximate surface area is 166 Å². The van der Waals surface area contributed by atoms with Gasteiger partial charge in [0.15, 0.2) is 0 Å². The number of thioether (sulfide) groups is 1. The van der Waals surface area contributed by atoms with Gasteiger partial charge in [0.1, 0.15) is 0 Å². The van der Waals surface area contributed by atoms with E-state index in [2.05, 4.69) is 5.32 Å². The summed E-state index contributed by atoms with van der Waals surface area (Å²) in [6.45, 7) is 3.44. The highest BCUT2D eigenvalue weighted by Crippen LogP contribution is 2.39. The lowest BCUT2D eigenvalue weighted by molar-refractivity contribution is -0.137. The molecule has 0 radical (unpaired) electrons. The second-order valence-electron chi connectivity index (χ2n) is 5.80. The highest BCUT2D eigenvalue weighted by molar-refractivity contribution is 8.18. The molecule has 1 fully saturated rings. The fourth-order valence-corrected chi connectivity index (χ4v) is 4.11. The first-order valence-corrected chi connectivity index (χ1v) is 9.06. The fraction of sp³-hybridized carbons (Fsp3) is 0.176. The Bertz CT molecular complexity index is 989. The first-order valence-electron chi connectivity index (χ1n) is 7.49. The lowest BCUT2D eigenvalue weighted by Crippen LogP contribution is -2.17. The number of aryl methyl sites for hydroxylation is 1. The molecule has 0 spiro atoms. The lowest BCUT2D eigenvalue weighted by Gasteiger charge is -2.16. The largest absolute Gasteiger partial charge is 0.416 e. The molecule has 1 aliphatic rings. The predicted molar refractivity (Wildman–Crippen MR) is 99.4 cm³/mol. The lowest BCUT2D eigenvalue weighted by atomic mass is 10.2. The second-order valence-corrected chi connectivity index (χ2v) is 7.63. The Morgan fingerprint density at radius 2 is 1.70 bits per heavy atom. The summed E-state index contributed by atoms with van der Waals surface area (Å²) in [5, 5.41) is 1.39. The molecule has 1 aliphatic heterocycles. The zero-order chi connectivity index (χ0) is 20.1. The maximum Gasteiger partial charge on any atom is 0.416 e. The molecule has 1 aromatic heterocycles. The van der Waals surface area contributed by atoms with E-state index in [1.807, 2.05) is 0 Å². The average molecular weight is 435 g/mol. The van der Waals surface area contributed by atoms with Crippen molar-refractivity contribution in [3.63, 3.8) is 0 Å². The Hall–Kier alpha value is -1.90. The van der Waals surface area contributed by atoms with E-state index in [-0.39, 0.29) is 20.6 Å². The summed E-state index contributed by atoms with van der Waals surface area (Å²) in [7, 11) is 0. The maximum absolute atomic E-state index is 12.9. The highest BCUT2D eigenvalue weighted by atomic mass is 35.5. The van der Waals surface area contributed by atoms with Gasteiger partial charge in [-0.15, -0.1) is 0 Å². The van der Waals surface area contributed by atoms with Gasteiger partial charge in [-0.2, -0.15) is 13.2 Å². The van der Waals surface area contributed by atoms with Crippen LogP contribution in [0.3, 0.4) is 0 Å². The third kappa shape index (κ3) is 3.74. The van der Waals surface area contributed by atoms with Crippen LogP contribution in [0.1, 0.15) is 22.5 Å². The van der Waals surface area contributed by atoms with Crippen molar-refractivity contribution in [2.24, 2.45) is 0 Å². The molecular weight excluding hydrogens is 424 g/mol. The molecule has 2 heterocycles. The molecule has 3 rings (SSSR count). The van der Waals surface area contributed by atoms with E-state index >= 15 is 0 Å². The minimum atomic E-state index is -4.57. The summed E-state index contributed by atoms with van der Waals surface area (Å²) in [6, 6.07) is 3.36. The maximum atomic E-state index is 12.9. The van der Waals surface area contributed by atoms with E-state index in [9.17, 15) is 22.8 Å². The highest BCUT2D eigenvalue weighted by Gasteiger charge is 2.32. The molecule has 1 N–H and O–H groups in total. The van der Waals surface area contributed by atoms with Crippen LogP contribution in [0.15, 0.2) is 23.1 Å². The number of imide groups is 1. The molecule has 4 nitrogen and oxygen atoms in total. The number of aromatic nitrogens is 1. The molecule has 1 aromatic carbocycles. The minimum Gasteiger partial charge on any atom is -0.315 e. The van der Waals surface area contributed by atoms with Gasteiger partial charge in [0.2, 0.25) is 0 Å². The summed E-state index contributed by atoms with van der Waals surface area (Å²) >= 11 is 13.0. The Balaban J connectivity index is 2.12. The molecule has 0 bridgehead atoms. The number of hydrogen-bond donors (Lipinski definition) is 1. The number of carbonyl (C=O) groups excluding carboxylic acids is 2. The number of carbonyl (C=O) groups is 2. The zero-order valence-electron chi connectivity index (χ0n) is 13.9. The Morgan fingerprint density at radius 1 is 1.11 bits per heavy atom. The van der Waals surface area contributed by atoms with Crippen LogP contribution in [0.2, 0.25) is 10.0 Å². The van der Waals surface area contributed by atoms with Crippen molar-refractivity contribution in [2.75, 3.05) is 0 Å². The van der Waals surface area contributed by atoms with Crippen molar-refractivity contribution in [1.82, 2.24) is 9.88 Å². The zero-order valence-corrected chi connectivity index (χ0v) is 16.2. The van der Waals surface area contributed by atoms with Gasteiger partial charge in [-0.25, -0.2) is 0 Å². The molecule has 10 heteroatoms. The van der Waals surface area contributed by atoms with E-state index in [4.69, 9.17) is 23.2 Å². The summed E-state index contributed by atoms with van der Waals surface area (Å²) < 4.78 is 40.4. The van der Waals surface area contributed by atoms with Crippen LogP contribution < -0.4 is 5.32 Å². The van der Waals surface area contributed by atoms with Crippen LogP contribution in [0, 0.1) is 13.8 Å². The summed E-state index contributed by atoms with van der Waals surface area (Å²) in [6.07, 6.45) is -3.03. The van der Waals surface area contributed by atoms with Crippen molar-refractivity contribution >= 4 is 52.2 Å². The van der Waals surface area contributed by atoms with Crippen molar-refractivity contribution in [3.05, 3.63) is 55.7 Å². The van der Waals surface area contributed by atoms with Gasteiger partial charge >= 0.3 is 6.18 Å². The standard InChI is InChI=1S/C17H11Cl2F3N2O2S/c1-7-3-9(4-13-15(25)23-16(26)27-13)8(2)24(7)14-11(18)5-10(6-12(14)19)17(20,21)22/h3-6H,1-2H3,(H,23,25,26). The molecule has 2 amide bonds. The van der Waals surface area contributed by atoms with E-state index < -0.39 is 22.9 Å². The van der Waals surface area contributed by atoms with E-state index in [0.717, 1.165) is 23.9 Å². The first-order chi connectivity index (χ1) is 12.5. The molecule has 0 atom stereocenters. The van der Waals surface area contributed by atoms with E-state index in [0.29, 0.717) is 17.0 Å². The SMILES string of the molecule is Cc1cc(C=C2SC(=O)NC2=O)c(C)n1-c1c(Cl)cc(C(F)(F)F)cc1Cl. The summed E-state index contributed by atoms with van der Waals surface area (Å²) in [5.74, 6) is -0.500. The monoisotopic (exact) mass is 434 g/mol. The van der Waals surface area contributed by atoms with Crippen molar-refractivity contribution in [3.8, 4) is 5.69 Å². The molecule has 27 heavy (non-hydrogen) atoms. The number of amides is 2. The van der Waals surface area contributed by atoms with Gasteiger partial charge in [0.25, 0.3) is 11.1 Å². The number of benzene rings is 1. The molecule has 0 unspecified atom stereocenters. The summed E-state index contributed by atoms with van der Waals surface area (Å²) in [4.78, 5) is 23.2. The number of alkyl halides is 3. The van der Waals surface area contributed by atoms with Gasteiger partial charge < -0.3 is 4.57 Å². The quantitative estimate of drug-likeness (QED) is 0.612. The predicted octanol–water partition coefficient (Wildman–Crippen LogP) is 5.74. The van der Waals surface area contributed by atoms with Gasteiger partial charge in [0, 0.05) is 11.4 Å². The van der Waals surface area contributed by atoms with Crippen LogP contribution in [0.4, 0.5) is 18.0 Å². The first kappa shape index (κ1) is 19.9. The molecule has 0 aliphatic carbocycles. The van der Waals surface area contributed by atoms with Crippen molar-refractivity contribution < 1.29 is 22.8 Å². The number of nitrogens with zero attached hydrogens (tertiary/aromatic N) is 1. The molecule has 1 saturated heterocycles. The molecule has 2 aromatic rings. The van der Waals surface area contributed by atoms with Crippen molar-refractivity contribution in [1.29, 1.82) is 0 Å². The number of nitrogens with one attached hydrogen (secondary N) is 1. The Kier molecular flexibility index (Phi) is 5.09. The second kappa shape index (κ2) is 6.92. The van der Waals surface area contributed by atoms with Crippen LogP contribution in [-0.4, -0.2) is 15.7 Å². The smallest absolute Gasteiger partial charge is 0.315 e. The van der Waals surface area contributed by atoms with Crippen LogP contribution in [0.25, 0.3) is 11.8 Å². The number of rotatable bonds is 2. The third-order valence-electron chi connectivity index (χ3n) is 3.97. The van der Waals surface area contributed by atoms with Crippen LogP contribution in [0.5, 0.6) is 0 Å². The van der Waals surface area contributed by atoms with E-state index in [1.54, 1.807) is 24.5 Å². The average Bonchev–Trinajstić information content (AvgIpc) is 2.98. The van der Waals surface area contributed by atoms with Gasteiger partial charge in [-0.05, 0) is 55.4 Å². The third-order valence-corrected chi connectivity index (χ3v) is 5.35. The normalized spacial score (nSPS) is 16.3. The number of hydrogen-bond acceptors (Lipinski definition) is 3. The Morgan fingerprint density at radius 3 is 2.19 bits per heavy atom. The minimum absolute atomic E-state index is 0.154. The number of halogens is 5. The molecule has 142 valence electrons. The van der Waals surface area contributed by atoms with Crippen LogP contribution in [-0.2, 0) is 11.0 Å². The van der Waals surface area contributed by atoms with Gasteiger partial charge in [-0.1, -0.05) is 23.2 Å². The van der Waals surface area contributed by atoms with E-state index in [1.165, 1.54) is 6.08 Å². The van der Waals surface area contributed by atoms with Crippen molar-refractivity contribution in [2.45, 2.75) is 20.0 Å². The fourth-order valence-electron chi connectivity index (χ4n) is 2.78. The van der Waals surface area contributed by atoms with Gasteiger partial charge in [-0.3, -0.25) is 14.9 Å². The topological polar surface area (TPSA) is 51.1 Å². The molecule has 0 saturated carbocycles.